The van der Waals surface area contributed by atoms with Crippen LogP contribution in [0.2, 0.25) is 0 Å². The monoisotopic (exact) mass is 224 g/mol. The van der Waals surface area contributed by atoms with Gasteiger partial charge in [0.05, 0.1) is 6.07 Å². The topological polar surface area (TPSA) is 124 Å². The number of rotatable bonds is 4. The summed E-state index contributed by atoms with van der Waals surface area (Å²) in [6.45, 7) is 0. The Morgan fingerprint density at radius 3 is 2.94 bits per heavy atom. The molecule has 1 heterocycles. The second-order valence-corrected chi connectivity index (χ2v) is 2.55. The summed E-state index contributed by atoms with van der Waals surface area (Å²) >= 11 is 0. The second kappa shape index (κ2) is 5.29. The van der Waals surface area contributed by atoms with E-state index in [4.69, 9.17) is 10.2 Å². The van der Waals surface area contributed by atoms with E-state index in [1.807, 2.05) is 5.43 Å². The second-order valence-electron chi connectivity index (χ2n) is 2.55. The Hall–Kier alpha value is -2.64. The lowest BCUT2D eigenvalue weighted by Crippen LogP contribution is -2.24. The maximum Gasteiger partial charge on any atom is 0.433 e. The van der Waals surface area contributed by atoms with Gasteiger partial charge in [-0.1, -0.05) is 0 Å². The quantitative estimate of drug-likeness (QED) is 0.447. The van der Waals surface area contributed by atoms with Crippen molar-refractivity contribution in [2.45, 2.75) is 0 Å². The van der Waals surface area contributed by atoms with E-state index in [2.05, 4.69) is 5.10 Å². The van der Waals surface area contributed by atoms with Gasteiger partial charge in [-0.15, -0.1) is 0 Å². The van der Waals surface area contributed by atoms with Gasteiger partial charge in [0.1, 0.15) is 10.7 Å². The molecule has 84 valence electrons. The lowest BCUT2D eigenvalue weighted by molar-refractivity contribution is -0.402. The van der Waals surface area contributed by atoms with Gasteiger partial charge in [-0.3, -0.25) is 10.1 Å². The number of nitrogens with two attached hydrogens (primary N) is 1. The fourth-order valence-electron chi connectivity index (χ4n) is 0.812. The highest BCUT2D eigenvalue weighted by molar-refractivity contribution is 5.79. The highest BCUT2D eigenvalue weighted by Gasteiger charge is 2.09. The minimum atomic E-state index is -0.779. The molecule has 8 heteroatoms. The van der Waals surface area contributed by atoms with Gasteiger partial charge < -0.3 is 10.2 Å². The van der Waals surface area contributed by atoms with E-state index < -0.39 is 11.0 Å². The van der Waals surface area contributed by atoms with E-state index >= 15 is 0 Å². The van der Waals surface area contributed by atoms with Crippen LogP contribution in [0.25, 0.3) is 6.08 Å². The van der Waals surface area contributed by atoms with Crippen LogP contribution < -0.4 is 11.2 Å². The van der Waals surface area contributed by atoms with Crippen molar-refractivity contribution in [3.8, 4) is 0 Å². The largest absolute Gasteiger partial charge is 0.433 e. The molecule has 16 heavy (non-hydrogen) atoms. The van der Waals surface area contributed by atoms with Crippen LogP contribution in [0.3, 0.4) is 0 Å². The Morgan fingerprint density at radius 1 is 1.62 bits per heavy atom. The molecule has 1 rings (SSSR count). The van der Waals surface area contributed by atoms with Crippen LogP contribution in [-0.4, -0.2) is 17.2 Å². The van der Waals surface area contributed by atoms with Crippen LogP contribution in [-0.2, 0) is 0 Å². The van der Waals surface area contributed by atoms with E-state index in [0.717, 1.165) is 0 Å². The molecule has 3 N–H and O–H groups in total. The molecule has 0 atom stereocenters. The zero-order valence-electron chi connectivity index (χ0n) is 7.99. The molecule has 0 aliphatic heterocycles. The first-order valence-corrected chi connectivity index (χ1v) is 4.09. The zero-order valence-corrected chi connectivity index (χ0v) is 7.99. The van der Waals surface area contributed by atoms with Gasteiger partial charge in [0.2, 0.25) is 0 Å². The number of hydrogen-bond acceptors (Lipinski definition) is 5. The fourth-order valence-corrected chi connectivity index (χ4v) is 0.812. The standard InChI is InChI=1S/C8H8N4O4/c9-8(13)11-10-5-1-2-6-3-4-7(16-6)12(14)15/h1-5H,(H3,9,11,13). The molecule has 2 amide bonds. The van der Waals surface area contributed by atoms with Crippen LogP contribution in [0.1, 0.15) is 5.76 Å². The van der Waals surface area contributed by atoms with Gasteiger partial charge in [0.25, 0.3) is 0 Å². The maximum absolute atomic E-state index is 10.3. The van der Waals surface area contributed by atoms with Gasteiger partial charge in [-0.25, -0.2) is 10.2 Å². The van der Waals surface area contributed by atoms with E-state index in [1.54, 1.807) is 0 Å². The molecule has 0 spiro atoms. The van der Waals surface area contributed by atoms with E-state index in [0.29, 0.717) is 5.76 Å². The minimum absolute atomic E-state index is 0.303. The Balaban J connectivity index is 2.53. The molecule has 0 saturated carbocycles. The van der Waals surface area contributed by atoms with Gasteiger partial charge in [-0.2, -0.15) is 5.10 Å². The molecule has 8 nitrogen and oxygen atoms in total. The van der Waals surface area contributed by atoms with E-state index in [-0.39, 0.29) is 5.88 Å². The summed E-state index contributed by atoms with van der Waals surface area (Å²) in [6, 6.07) is 1.89. The van der Waals surface area contributed by atoms with Crippen LogP contribution in [0.4, 0.5) is 10.7 Å². The molecule has 0 aromatic carbocycles. The number of nitrogens with zero attached hydrogens (tertiary/aromatic N) is 2. The number of amides is 2. The van der Waals surface area contributed by atoms with Crippen LogP contribution in [0, 0.1) is 10.1 Å². The highest BCUT2D eigenvalue weighted by Crippen LogP contribution is 2.16. The first kappa shape index (κ1) is 11.4. The van der Waals surface area contributed by atoms with Gasteiger partial charge in [-0.05, 0) is 18.2 Å². The highest BCUT2D eigenvalue weighted by atomic mass is 16.6. The molecular formula is C8H8N4O4. The Kier molecular flexibility index (Phi) is 3.78. The molecule has 0 aliphatic carbocycles. The predicted molar refractivity (Wildman–Crippen MR) is 55.6 cm³/mol. The first-order valence-electron chi connectivity index (χ1n) is 4.09. The Labute approximate surface area is 89.6 Å². The average Bonchev–Trinajstić information content (AvgIpc) is 2.65. The third kappa shape index (κ3) is 3.62. The maximum atomic E-state index is 10.3. The molecule has 0 unspecified atom stereocenters. The normalized spacial score (nSPS) is 11.0. The molecule has 1 aromatic heterocycles. The van der Waals surface area contributed by atoms with Gasteiger partial charge >= 0.3 is 11.9 Å². The average molecular weight is 224 g/mol. The van der Waals surface area contributed by atoms with E-state index in [9.17, 15) is 14.9 Å². The van der Waals surface area contributed by atoms with Gasteiger partial charge in [0, 0.05) is 6.21 Å². The summed E-state index contributed by atoms with van der Waals surface area (Å²) < 4.78 is 4.81. The number of nitrogens with one attached hydrogen (secondary N) is 1. The van der Waals surface area contributed by atoms with E-state index in [1.165, 1.54) is 30.5 Å². The lowest BCUT2D eigenvalue weighted by Gasteiger charge is -1.86. The summed E-state index contributed by atoms with van der Waals surface area (Å²) in [4.78, 5) is 19.8. The smallest absolute Gasteiger partial charge is 0.401 e. The summed E-state index contributed by atoms with van der Waals surface area (Å²) in [5, 5.41) is 13.7. The number of allylic oxidation sites excluding steroid dienone is 1. The van der Waals surface area contributed by atoms with Crippen LogP contribution in [0.5, 0.6) is 0 Å². The van der Waals surface area contributed by atoms with Crippen molar-refractivity contribution < 1.29 is 14.1 Å². The van der Waals surface area contributed by atoms with Crippen molar-refractivity contribution in [2.75, 3.05) is 0 Å². The molecule has 0 aliphatic rings. The number of carbonyl (C=O) groups excluding carboxylic acids is 1. The number of urea groups is 1. The third-order valence-electron chi connectivity index (χ3n) is 1.39. The fraction of sp³-hybridized carbons (Fsp3) is 0. The summed E-state index contributed by atoms with van der Waals surface area (Å²) in [6.07, 6.45) is 4.12. The number of nitro groups is 1. The zero-order chi connectivity index (χ0) is 12.0. The SMILES string of the molecule is NC(=O)NN=CC=Cc1ccc([N+](=O)[O-])o1. The van der Waals surface area contributed by atoms with Crippen molar-refractivity contribution in [1.82, 2.24) is 5.43 Å². The van der Waals surface area contributed by atoms with Crippen LogP contribution >= 0.6 is 0 Å². The molecule has 0 bridgehead atoms. The number of carbonyl (C=O) groups is 1. The van der Waals surface area contributed by atoms with Crippen molar-refractivity contribution in [3.05, 3.63) is 34.1 Å². The summed E-state index contributed by atoms with van der Waals surface area (Å²) in [7, 11) is 0. The molecule has 0 radical (unpaired) electrons. The summed E-state index contributed by atoms with van der Waals surface area (Å²) in [5.41, 5.74) is 6.71. The molecular weight excluding hydrogens is 216 g/mol. The Bertz CT molecular complexity index is 449. The number of furan rings is 1. The lowest BCUT2D eigenvalue weighted by atomic mass is 10.4. The van der Waals surface area contributed by atoms with Crippen molar-refractivity contribution in [1.29, 1.82) is 0 Å². The number of hydrazone groups is 1. The molecule has 1 aromatic rings. The summed E-state index contributed by atoms with van der Waals surface area (Å²) in [5.74, 6) is -0.0379. The number of primary amides is 1. The molecule has 0 fully saturated rings. The minimum Gasteiger partial charge on any atom is -0.401 e. The Morgan fingerprint density at radius 2 is 2.38 bits per heavy atom. The predicted octanol–water partition coefficient (Wildman–Crippen LogP) is 0.855. The van der Waals surface area contributed by atoms with Gasteiger partial charge in [0.15, 0.2) is 0 Å². The number of hydrogen-bond donors (Lipinski definition) is 2. The molecule has 0 saturated heterocycles. The van der Waals surface area contributed by atoms with Crippen molar-refractivity contribution in [3.63, 3.8) is 0 Å². The third-order valence-corrected chi connectivity index (χ3v) is 1.39. The van der Waals surface area contributed by atoms with Crippen LogP contribution in [0.15, 0.2) is 27.7 Å². The van der Waals surface area contributed by atoms with Crippen molar-refractivity contribution >= 4 is 24.2 Å². The first-order chi connectivity index (χ1) is 7.59. The van der Waals surface area contributed by atoms with Crippen molar-refractivity contribution in [2.24, 2.45) is 10.8 Å².